The lowest BCUT2D eigenvalue weighted by Crippen LogP contribution is -2.30. The predicted molar refractivity (Wildman–Crippen MR) is 110 cm³/mol. The lowest BCUT2D eigenvalue weighted by atomic mass is 9.91. The highest BCUT2D eigenvalue weighted by atomic mass is 19.1. The number of nitrogens with zero attached hydrogens (tertiary/aromatic N) is 2. The summed E-state index contributed by atoms with van der Waals surface area (Å²) < 4.78 is 27.7. The molecule has 1 aliphatic heterocycles. The van der Waals surface area contributed by atoms with Gasteiger partial charge in [0, 0.05) is 36.7 Å². The van der Waals surface area contributed by atoms with Gasteiger partial charge in [0.25, 0.3) is 0 Å². The molecule has 6 nitrogen and oxygen atoms in total. The largest absolute Gasteiger partial charge is 0.489 e. The first-order valence-electron chi connectivity index (χ1n) is 9.93. The summed E-state index contributed by atoms with van der Waals surface area (Å²) in [5, 5.41) is 0. The number of ether oxygens (including phenoxy) is 2. The molecular weight excluding hydrogens is 385 g/mol. The van der Waals surface area contributed by atoms with E-state index in [9.17, 15) is 9.18 Å². The first-order chi connectivity index (χ1) is 14.5. The van der Waals surface area contributed by atoms with Crippen LogP contribution in [0.3, 0.4) is 0 Å². The maximum absolute atomic E-state index is 14.2. The Morgan fingerprint density at radius 2 is 2.10 bits per heavy atom. The van der Waals surface area contributed by atoms with Crippen LogP contribution in [-0.2, 0) is 16.1 Å². The molecule has 3 aromatic rings. The summed E-state index contributed by atoms with van der Waals surface area (Å²) in [5.74, 6) is 0.330. The van der Waals surface area contributed by atoms with E-state index in [4.69, 9.17) is 15.2 Å². The third-order valence-electron chi connectivity index (χ3n) is 5.40. The zero-order valence-corrected chi connectivity index (χ0v) is 16.8. The summed E-state index contributed by atoms with van der Waals surface area (Å²) in [4.78, 5) is 15.7. The van der Waals surface area contributed by atoms with Crippen molar-refractivity contribution >= 4 is 5.91 Å². The summed E-state index contributed by atoms with van der Waals surface area (Å²) in [6.07, 6.45) is 4.35. The predicted octanol–water partition coefficient (Wildman–Crippen LogP) is 3.85. The van der Waals surface area contributed by atoms with E-state index in [2.05, 4.69) is 4.98 Å². The van der Waals surface area contributed by atoms with E-state index in [0.29, 0.717) is 37.4 Å². The Balaban J connectivity index is 1.44. The molecular formula is C23H24FN3O3. The number of aromatic nitrogens is 2. The number of carbonyl (C=O) groups excluding carboxylic acids is 1. The molecule has 156 valence electrons. The molecule has 1 aromatic heterocycles. The van der Waals surface area contributed by atoms with Crippen molar-refractivity contribution in [2.24, 2.45) is 11.7 Å². The Kier molecular flexibility index (Phi) is 5.81. The fraction of sp³-hybridized carbons (Fsp3) is 0.304. The molecule has 2 heterocycles. The molecule has 2 N–H and O–H groups in total. The number of rotatable bonds is 6. The Labute approximate surface area is 174 Å². The van der Waals surface area contributed by atoms with E-state index >= 15 is 0 Å². The zero-order valence-electron chi connectivity index (χ0n) is 16.8. The molecule has 1 fully saturated rings. The minimum atomic E-state index is -0.404. The molecule has 0 radical (unpaired) electrons. The van der Waals surface area contributed by atoms with Crippen LogP contribution in [0.5, 0.6) is 5.75 Å². The first kappa shape index (κ1) is 20.1. The summed E-state index contributed by atoms with van der Waals surface area (Å²) in [7, 11) is 0. The van der Waals surface area contributed by atoms with Gasteiger partial charge >= 0.3 is 0 Å². The zero-order chi connectivity index (χ0) is 21.1. The number of hydrogen-bond acceptors (Lipinski definition) is 4. The highest BCUT2D eigenvalue weighted by molar-refractivity contribution is 5.76. The highest BCUT2D eigenvalue weighted by Crippen LogP contribution is 2.33. The van der Waals surface area contributed by atoms with Gasteiger partial charge in [-0.25, -0.2) is 9.37 Å². The molecule has 1 amide bonds. The van der Waals surface area contributed by atoms with Crippen molar-refractivity contribution in [3.63, 3.8) is 0 Å². The first-order valence-corrected chi connectivity index (χ1v) is 9.93. The van der Waals surface area contributed by atoms with E-state index in [0.717, 1.165) is 17.1 Å². The Bertz CT molecular complexity index is 1030. The quantitative estimate of drug-likeness (QED) is 0.671. The van der Waals surface area contributed by atoms with Crippen LogP contribution in [0.1, 0.15) is 35.9 Å². The fourth-order valence-electron chi connectivity index (χ4n) is 3.71. The lowest BCUT2D eigenvalue weighted by Gasteiger charge is -2.28. The molecule has 2 unspecified atom stereocenters. The molecule has 7 heteroatoms. The van der Waals surface area contributed by atoms with Crippen LogP contribution in [0.15, 0.2) is 54.9 Å². The molecule has 0 aliphatic carbocycles. The monoisotopic (exact) mass is 409 g/mol. The molecule has 2 aromatic carbocycles. The number of primary amides is 1. The lowest BCUT2D eigenvalue weighted by molar-refractivity contribution is -0.126. The average Bonchev–Trinajstić information content (AvgIpc) is 3.18. The van der Waals surface area contributed by atoms with Crippen molar-refractivity contribution < 1.29 is 18.7 Å². The normalized spacial score (nSPS) is 18.9. The maximum atomic E-state index is 14.2. The third-order valence-corrected chi connectivity index (χ3v) is 5.40. The van der Waals surface area contributed by atoms with Crippen molar-refractivity contribution in [1.82, 2.24) is 9.55 Å². The van der Waals surface area contributed by atoms with Gasteiger partial charge in [-0.1, -0.05) is 12.1 Å². The van der Waals surface area contributed by atoms with Crippen LogP contribution in [0.4, 0.5) is 4.39 Å². The van der Waals surface area contributed by atoms with E-state index in [1.165, 1.54) is 12.1 Å². The SMILES string of the molecule is Cc1nccn1-c1ccc(COc2cc(F)cc(C3CC(C(N)=O)CCO3)c2)cc1. The summed E-state index contributed by atoms with van der Waals surface area (Å²) in [6, 6.07) is 12.5. The summed E-state index contributed by atoms with van der Waals surface area (Å²) in [6.45, 7) is 2.68. The Morgan fingerprint density at radius 3 is 2.80 bits per heavy atom. The molecule has 30 heavy (non-hydrogen) atoms. The van der Waals surface area contributed by atoms with Gasteiger partial charge in [0.2, 0.25) is 5.91 Å². The number of hydrogen-bond donors (Lipinski definition) is 1. The number of nitrogens with two attached hydrogens (primary N) is 1. The van der Waals surface area contributed by atoms with Gasteiger partial charge in [-0.2, -0.15) is 0 Å². The van der Waals surface area contributed by atoms with Crippen molar-refractivity contribution in [2.45, 2.75) is 32.5 Å². The van der Waals surface area contributed by atoms with Crippen molar-refractivity contribution in [2.75, 3.05) is 6.61 Å². The van der Waals surface area contributed by atoms with Gasteiger partial charge in [0.05, 0.1) is 6.10 Å². The Morgan fingerprint density at radius 1 is 1.30 bits per heavy atom. The van der Waals surface area contributed by atoms with E-state index in [-0.39, 0.29) is 17.9 Å². The van der Waals surface area contributed by atoms with Crippen LogP contribution in [0, 0.1) is 18.7 Å². The minimum Gasteiger partial charge on any atom is -0.489 e. The van der Waals surface area contributed by atoms with Crippen LogP contribution in [0.2, 0.25) is 0 Å². The molecule has 1 aliphatic rings. The van der Waals surface area contributed by atoms with Gasteiger partial charge in [-0.05, 0) is 55.2 Å². The van der Waals surface area contributed by atoms with Crippen LogP contribution >= 0.6 is 0 Å². The van der Waals surface area contributed by atoms with E-state index < -0.39 is 5.82 Å². The minimum absolute atomic E-state index is 0.256. The average molecular weight is 409 g/mol. The second-order valence-electron chi connectivity index (χ2n) is 7.50. The number of carbonyl (C=O) groups is 1. The van der Waals surface area contributed by atoms with Crippen LogP contribution in [-0.4, -0.2) is 22.1 Å². The highest BCUT2D eigenvalue weighted by Gasteiger charge is 2.28. The van der Waals surface area contributed by atoms with Crippen LogP contribution in [0.25, 0.3) is 5.69 Å². The van der Waals surface area contributed by atoms with Crippen molar-refractivity contribution in [1.29, 1.82) is 0 Å². The molecule has 0 saturated carbocycles. The van der Waals surface area contributed by atoms with E-state index in [1.807, 2.05) is 42.0 Å². The molecule has 2 atom stereocenters. The molecule has 4 rings (SSSR count). The maximum Gasteiger partial charge on any atom is 0.220 e. The number of halogens is 1. The van der Waals surface area contributed by atoms with Gasteiger partial charge < -0.3 is 19.8 Å². The molecule has 1 saturated heterocycles. The smallest absolute Gasteiger partial charge is 0.220 e. The van der Waals surface area contributed by atoms with Gasteiger partial charge in [0.1, 0.15) is 24.0 Å². The van der Waals surface area contributed by atoms with Gasteiger partial charge in [0.15, 0.2) is 0 Å². The number of imidazole rings is 1. The Hall–Kier alpha value is -3.19. The summed E-state index contributed by atoms with van der Waals surface area (Å²) >= 11 is 0. The number of benzene rings is 2. The summed E-state index contributed by atoms with van der Waals surface area (Å²) in [5.41, 5.74) is 8.06. The molecule has 0 bridgehead atoms. The van der Waals surface area contributed by atoms with Crippen molar-refractivity contribution in [3.8, 4) is 11.4 Å². The third kappa shape index (κ3) is 4.52. The topological polar surface area (TPSA) is 79.4 Å². The van der Waals surface area contributed by atoms with Crippen molar-refractivity contribution in [3.05, 3.63) is 77.6 Å². The number of amides is 1. The number of aryl methyl sites for hydroxylation is 1. The van der Waals surface area contributed by atoms with Gasteiger partial charge in [-0.15, -0.1) is 0 Å². The second kappa shape index (κ2) is 8.67. The standard InChI is InChI=1S/C23H24FN3O3/c1-15-26-7-8-27(15)20-4-2-16(3-5-20)14-30-21-11-18(10-19(24)13-21)22-12-17(23(25)28)6-9-29-22/h2-5,7-8,10-11,13,17,22H,6,9,12,14H2,1H3,(H2,25,28). The fourth-order valence-corrected chi connectivity index (χ4v) is 3.71. The van der Waals surface area contributed by atoms with Crippen LogP contribution < -0.4 is 10.5 Å². The van der Waals surface area contributed by atoms with Gasteiger partial charge in [-0.3, -0.25) is 4.79 Å². The second-order valence-corrected chi connectivity index (χ2v) is 7.50. The van der Waals surface area contributed by atoms with E-state index in [1.54, 1.807) is 12.3 Å². The molecule has 0 spiro atoms.